The molecule has 0 saturated heterocycles. The van der Waals surface area contributed by atoms with Gasteiger partial charge in [-0.3, -0.25) is 9.59 Å². The van der Waals surface area contributed by atoms with Gasteiger partial charge in [0.1, 0.15) is 11.6 Å². The van der Waals surface area contributed by atoms with E-state index in [0.717, 1.165) is 38.5 Å². The topological polar surface area (TPSA) is 54.4 Å². The van der Waals surface area contributed by atoms with Crippen LogP contribution in [0.5, 0.6) is 0 Å². The van der Waals surface area contributed by atoms with Crippen LogP contribution < -0.4 is 0 Å². The van der Waals surface area contributed by atoms with Gasteiger partial charge in [-0.1, -0.05) is 13.8 Å². The number of rotatable bonds is 0. The SMILES string of the molecule is C[C@]12CC[C@H](O)C[C@H]1CC[C@H]1[C@H]2C(=O)C[C@]2(C)C(=O)CC[C@H]12. The summed E-state index contributed by atoms with van der Waals surface area (Å²) in [5.41, 5.74) is -0.304. The highest BCUT2D eigenvalue weighted by Gasteiger charge is 2.63. The van der Waals surface area contributed by atoms with Crippen LogP contribution in [0.3, 0.4) is 0 Å². The van der Waals surface area contributed by atoms with Gasteiger partial charge in [-0.2, -0.15) is 0 Å². The molecular formula is C19H28O3. The molecule has 0 aromatic heterocycles. The molecule has 0 aliphatic heterocycles. The van der Waals surface area contributed by atoms with Gasteiger partial charge in [0.15, 0.2) is 0 Å². The monoisotopic (exact) mass is 304 g/mol. The van der Waals surface area contributed by atoms with Crippen LogP contribution in [0.1, 0.15) is 65.2 Å². The Morgan fingerprint density at radius 2 is 1.86 bits per heavy atom. The van der Waals surface area contributed by atoms with Gasteiger partial charge < -0.3 is 5.11 Å². The van der Waals surface area contributed by atoms with Gasteiger partial charge in [0.2, 0.25) is 0 Å². The van der Waals surface area contributed by atoms with Crippen molar-refractivity contribution in [1.82, 2.24) is 0 Å². The summed E-state index contributed by atoms with van der Waals surface area (Å²) in [6, 6.07) is 0. The van der Waals surface area contributed by atoms with E-state index in [4.69, 9.17) is 0 Å². The van der Waals surface area contributed by atoms with Crippen molar-refractivity contribution in [2.45, 2.75) is 71.3 Å². The fourth-order valence-electron chi connectivity index (χ4n) is 6.83. The Bertz CT molecular complexity index is 527. The molecule has 4 rings (SSSR count). The lowest BCUT2D eigenvalue weighted by Gasteiger charge is -2.58. The highest BCUT2D eigenvalue weighted by molar-refractivity contribution is 5.95. The molecule has 0 amide bonds. The largest absolute Gasteiger partial charge is 0.393 e. The lowest BCUT2D eigenvalue weighted by molar-refractivity contribution is -0.162. The van der Waals surface area contributed by atoms with Crippen molar-refractivity contribution in [2.24, 2.45) is 34.5 Å². The molecule has 3 heteroatoms. The summed E-state index contributed by atoms with van der Waals surface area (Å²) in [6.45, 7) is 4.36. The summed E-state index contributed by atoms with van der Waals surface area (Å²) in [6.07, 6.45) is 6.86. The van der Waals surface area contributed by atoms with Gasteiger partial charge in [-0.15, -0.1) is 0 Å². The maximum atomic E-state index is 13.0. The standard InChI is InChI=1S/C19H28O3/c1-18-8-7-12(20)9-11(18)3-4-13-14-5-6-16(22)19(14,2)10-15(21)17(13)18/h11-14,17,20H,3-10H2,1-2H3/t11-,12+,13-,14-,17+,18+,19+/m1/s1. The highest BCUT2D eigenvalue weighted by Crippen LogP contribution is 2.64. The van der Waals surface area contributed by atoms with Crippen molar-refractivity contribution in [3.05, 3.63) is 0 Å². The molecule has 122 valence electrons. The Hall–Kier alpha value is -0.700. The van der Waals surface area contributed by atoms with E-state index >= 15 is 0 Å². The van der Waals surface area contributed by atoms with Crippen LogP contribution in [0, 0.1) is 34.5 Å². The van der Waals surface area contributed by atoms with Crippen molar-refractivity contribution in [3.8, 4) is 0 Å². The van der Waals surface area contributed by atoms with Crippen LogP contribution in [0.25, 0.3) is 0 Å². The smallest absolute Gasteiger partial charge is 0.139 e. The third-order valence-corrected chi connectivity index (χ3v) is 8.04. The Balaban J connectivity index is 1.71. The summed E-state index contributed by atoms with van der Waals surface area (Å²) in [7, 11) is 0. The Labute approximate surface area is 132 Å². The van der Waals surface area contributed by atoms with Gasteiger partial charge in [0, 0.05) is 24.2 Å². The second kappa shape index (κ2) is 4.66. The molecule has 3 nitrogen and oxygen atoms in total. The summed E-state index contributed by atoms with van der Waals surface area (Å²) in [5, 5.41) is 10.0. The van der Waals surface area contributed by atoms with Crippen molar-refractivity contribution >= 4 is 11.6 Å². The number of carbonyl (C=O) groups excluding carboxylic acids is 2. The summed E-state index contributed by atoms with van der Waals surface area (Å²) in [4.78, 5) is 25.4. The molecular weight excluding hydrogens is 276 g/mol. The number of aliphatic hydroxyl groups is 1. The van der Waals surface area contributed by atoms with Crippen LogP contribution >= 0.6 is 0 Å². The Morgan fingerprint density at radius 3 is 2.64 bits per heavy atom. The molecule has 0 heterocycles. The molecule has 4 aliphatic rings. The third-order valence-electron chi connectivity index (χ3n) is 8.04. The van der Waals surface area contributed by atoms with Gasteiger partial charge in [0.05, 0.1) is 6.10 Å². The molecule has 4 fully saturated rings. The summed E-state index contributed by atoms with van der Waals surface area (Å²) < 4.78 is 0. The molecule has 0 aromatic carbocycles. The zero-order valence-electron chi connectivity index (χ0n) is 13.8. The number of hydrogen-bond donors (Lipinski definition) is 1. The quantitative estimate of drug-likeness (QED) is 0.748. The van der Waals surface area contributed by atoms with Gasteiger partial charge in [-0.05, 0) is 61.7 Å². The van der Waals surface area contributed by atoms with E-state index in [-0.39, 0.29) is 22.9 Å². The Morgan fingerprint density at radius 1 is 1.09 bits per heavy atom. The van der Waals surface area contributed by atoms with E-state index in [1.165, 1.54) is 0 Å². The summed E-state index contributed by atoms with van der Waals surface area (Å²) >= 11 is 0. The lowest BCUT2D eigenvalue weighted by atomic mass is 9.45. The average molecular weight is 304 g/mol. The zero-order valence-corrected chi connectivity index (χ0v) is 13.8. The zero-order chi connectivity index (χ0) is 15.7. The molecule has 0 spiro atoms. The molecule has 4 aliphatic carbocycles. The number of ketones is 2. The van der Waals surface area contributed by atoms with Crippen LogP contribution in [-0.4, -0.2) is 22.8 Å². The molecule has 1 N–H and O–H groups in total. The predicted octanol–water partition coefficient (Wildman–Crippen LogP) is 3.14. The van der Waals surface area contributed by atoms with E-state index in [1.54, 1.807) is 0 Å². The summed E-state index contributed by atoms with van der Waals surface area (Å²) in [5.74, 6) is 2.14. The minimum Gasteiger partial charge on any atom is -0.393 e. The maximum absolute atomic E-state index is 13.0. The number of Topliss-reactive ketones (excluding diaryl/α,β-unsaturated/α-hetero) is 2. The molecule has 0 aromatic rings. The first-order valence-electron chi connectivity index (χ1n) is 9.10. The number of aliphatic hydroxyl groups excluding tert-OH is 1. The number of fused-ring (bicyclic) bond motifs is 5. The average Bonchev–Trinajstić information content (AvgIpc) is 2.75. The molecule has 7 atom stereocenters. The fourth-order valence-corrected chi connectivity index (χ4v) is 6.83. The fraction of sp³-hybridized carbons (Fsp3) is 0.895. The van der Waals surface area contributed by atoms with Gasteiger partial charge in [-0.25, -0.2) is 0 Å². The minimum absolute atomic E-state index is 0.0617. The van der Waals surface area contributed by atoms with Crippen LogP contribution in [-0.2, 0) is 9.59 Å². The first kappa shape index (κ1) is 14.9. The van der Waals surface area contributed by atoms with Crippen LogP contribution in [0.4, 0.5) is 0 Å². The van der Waals surface area contributed by atoms with E-state index < -0.39 is 0 Å². The third kappa shape index (κ3) is 1.78. The van der Waals surface area contributed by atoms with Crippen LogP contribution in [0.15, 0.2) is 0 Å². The molecule has 4 saturated carbocycles. The maximum Gasteiger partial charge on any atom is 0.139 e. The van der Waals surface area contributed by atoms with E-state index in [1.807, 2.05) is 0 Å². The molecule has 0 bridgehead atoms. The molecule has 0 unspecified atom stereocenters. The lowest BCUT2D eigenvalue weighted by Crippen LogP contribution is -2.57. The first-order chi connectivity index (χ1) is 10.4. The van der Waals surface area contributed by atoms with E-state index in [9.17, 15) is 14.7 Å². The normalized spacial score (nSPS) is 54.6. The first-order valence-corrected chi connectivity index (χ1v) is 9.10. The van der Waals surface area contributed by atoms with Crippen molar-refractivity contribution < 1.29 is 14.7 Å². The predicted molar refractivity (Wildman–Crippen MR) is 83.1 cm³/mol. The van der Waals surface area contributed by atoms with Gasteiger partial charge >= 0.3 is 0 Å². The Kier molecular flexibility index (Phi) is 3.15. The van der Waals surface area contributed by atoms with E-state index in [0.29, 0.717) is 42.2 Å². The molecule has 0 radical (unpaired) electrons. The second-order valence-corrected chi connectivity index (χ2v) is 8.98. The van der Waals surface area contributed by atoms with Crippen LogP contribution in [0.2, 0.25) is 0 Å². The minimum atomic E-state index is -0.365. The van der Waals surface area contributed by atoms with Crippen molar-refractivity contribution in [2.75, 3.05) is 0 Å². The number of carbonyl (C=O) groups is 2. The second-order valence-electron chi connectivity index (χ2n) is 8.98. The van der Waals surface area contributed by atoms with Crippen molar-refractivity contribution in [1.29, 1.82) is 0 Å². The number of hydrogen-bond acceptors (Lipinski definition) is 3. The molecule has 22 heavy (non-hydrogen) atoms. The van der Waals surface area contributed by atoms with Gasteiger partial charge in [0.25, 0.3) is 0 Å². The van der Waals surface area contributed by atoms with E-state index in [2.05, 4.69) is 13.8 Å². The highest BCUT2D eigenvalue weighted by atomic mass is 16.3. The van der Waals surface area contributed by atoms with Crippen molar-refractivity contribution in [3.63, 3.8) is 0 Å².